The highest BCUT2D eigenvalue weighted by Gasteiger charge is 2.23. The molecule has 2 aromatic rings. The van der Waals surface area contributed by atoms with Crippen LogP contribution >= 0.6 is 24.8 Å². The fraction of sp³-hybridized carbons (Fsp3) is 0.545. The summed E-state index contributed by atoms with van der Waals surface area (Å²) < 4.78 is 1.71. The van der Waals surface area contributed by atoms with Gasteiger partial charge < -0.3 is 10.6 Å². The van der Waals surface area contributed by atoms with Crippen molar-refractivity contribution < 1.29 is 4.79 Å². The zero-order valence-corrected chi connectivity index (χ0v) is 19.9. The monoisotopic (exact) mass is 455 g/mol. The largest absolute Gasteiger partial charge is 0.350 e. The van der Waals surface area contributed by atoms with Gasteiger partial charge in [-0.25, -0.2) is 0 Å². The van der Waals surface area contributed by atoms with Crippen LogP contribution in [0.4, 0.5) is 0 Å². The van der Waals surface area contributed by atoms with Crippen molar-refractivity contribution in [3.05, 3.63) is 53.3 Å². The van der Waals surface area contributed by atoms with Crippen LogP contribution in [0.5, 0.6) is 0 Å². The predicted octanol–water partition coefficient (Wildman–Crippen LogP) is 3.32. The van der Waals surface area contributed by atoms with Gasteiger partial charge >= 0.3 is 0 Å². The molecule has 1 saturated heterocycles. The Kier molecular flexibility index (Phi) is 10.8. The van der Waals surface area contributed by atoms with Crippen LogP contribution in [0.3, 0.4) is 0 Å². The molecule has 2 heterocycles. The second-order valence-electron chi connectivity index (χ2n) is 8.30. The molecule has 0 bridgehead atoms. The highest BCUT2D eigenvalue weighted by Crippen LogP contribution is 2.23. The third-order valence-electron chi connectivity index (χ3n) is 5.52. The third-order valence-corrected chi connectivity index (χ3v) is 5.52. The molecule has 8 heteroatoms. The second-order valence-corrected chi connectivity index (χ2v) is 8.30. The normalized spacial score (nSPS) is 20.0. The number of likely N-dealkylation sites (N-methyl/N-ethyl adjacent to an activating group) is 1. The molecule has 1 aromatic carbocycles. The molecular weight excluding hydrogens is 421 g/mol. The van der Waals surface area contributed by atoms with Crippen LogP contribution in [0.15, 0.2) is 36.7 Å². The molecule has 0 spiro atoms. The van der Waals surface area contributed by atoms with Crippen molar-refractivity contribution in [3.8, 4) is 0 Å². The third kappa shape index (κ3) is 6.98. The van der Waals surface area contributed by atoms with Gasteiger partial charge in [0.25, 0.3) is 0 Å². The van der Waals surface area contributed by atoms with Gasteiger partial charge in [0.2, 0.25) is 5.91 Å². The number of rotatable bonds is 7. The van der Waals surface area contributed by atoms with Crippen LogP contribution < -0.4 is 10.6 Å². The summed E-state index contributed by atoms with van der Waals surface area (Å²) in [5.74, 6) is 1.45. The Labute approximate surface area is 192 Å². The quantitative estimate of drug-likeness (QED) is 0.671. The first-order valence-electron chi connectivity index (χ1n) is 10.2. The van der Waals surface area contributed by atoms with E-state index in [1.807, 2.05) is 19.3 Å². The molecule has 6 nitrogen and oxygen atoms in total. The van der Waals surface area contributed by atoms with Crippen molar-refractivity contribution in [1.29, 1.82) is 0 Å². The topological polar surface area (TPSA) is 62.2 Å². The molecule has 3 rings (SSSR count). The van der Waals surface area contributed by atoms with E-state index in [1.165, 1.54) is 17.5 Å². The summed E-state index contributed by atoms with van der Waals surface area (Å²) in [5.41, 5.74) is 3.35. The summed E-state index contributed by atoms with van der Waals surface area (Å²) in [6, 6.07) is 8.03. The van der Waals surface area contributed by atoms with Crippen molar-refractivity contribution in [2.24, 2.45) is 18.9 Å². The number of benzene rings is 1. The fourth-order valence-electron chi connectivity index (χ4n) is 4.37. The second kappa shape index (κ2) is 12.3. The van der Waals surface area contributed by atoms with Gasteiger partial charge in [-0.05, 0) is 36.4 Å². The van der Waals surface area contributed by atoms with Crippen molar-refractivity contribution in [1.82, 2.24) is 25.3 Å². The molecule has 1 aliphatic rings. The zero-order chi connectivity index (χ0) is 20.1. The molecule has 0 radical (unpaired) electrons. The Morgan fingerprint density at radius 3 is 2.37 bits per heavy atom. The maximum Gasteiger partial charge on any atom is 0.242 e. The first kappa shape index (κ1) is 26.4. The summed E-state index contributed by atoms with van der Waals surface area (Å²) in [6.07, 6.45) is 4.91. The van der Waals surface area contributed by atoms with E-state index in [0.717, 1.165) is 37.0 Å². The van der Waals surface area contributed by atoms with Gasteiger partial charge in [-0.15, -0.1) is 24.8 Å². The van der Waals surface area contributed by atoms with Crippen LogP contribution in [0, 0.1) is 11.8 Å². The highest BCUT2D eigenvalue weighted by molar-refractivity contribution is 5.85. The Morgan fingerprint density at radius 1 is 1.17 bits per heavy atom. The van der Waals surface area contributed by atoms with Gasteiger partial charge in [0.05, 0.1) is 6.20 Å². The first-order chi connectivity index (χ1) is 13.5. The lowest BCUT2D eigenvalue weighted by atomic mass is 9.91. The predicted molar refractivity (Wildman–Crippen MR) is 126 cm³/mol. The number of hydrogen-bond donors (Lipinski definition) is 2. The van der Waals surface area contributed by atoms with Gasteiger partial charge in [0.15, 0.2) is 0 Å². The lowest BCUT2D eigenvalue weighted by molar-refractivity contribution is -0.123. The molecule has 1 aliphatic heterocycles. The molecule has 1 fully saturated rings. The van der Waals surface area contributed by atoms with Crippen LogP contribution in [-0.2, 0) is 24.9 Å². The van der Waals surface area contributed by atoms with Crippen LogP contribution in [0.25, 0.3) is 0 Å². The van der Waals surface area contributed by atoms with Crippen molar-refractivity contribution in [2.75, 3.05) is 20.1 Å². The van der Waals surface area contributed by atoms with Gasteiger partial charge in [-0.1, -0.05) is 38.1 Å². The summed E-state index contributed by atoms with van der Waals surface area (Å²) in [6.45, 7) is 8.45. The maximum absolute atomic E-state index is 12.7. The number of piperidine rings is 1. The summed E-state index contributed by atoms with van der Waals surface area (Å²) in [7, 11) is 3.65. The maximum atomic E-state index is 12.7. The summed E-state index contributed by atoms with van der Waals surface area (Å²) >= 11 is 0. The molecule has 1 aromatic heterocycles. The summed E-state index contributed by atoms with van der Waals surface area (Å²) in [4.78, 5) is 15.3. The van der Waals surface area contributed by atoms with E-state index in [9.17, 15) is 4.79 Å². The van der Waals surface area contributed by atoms with Gasteiger partial charge in [-0.2, -0.15) is 5.10 Å². The fourth-order valence-corrected chi connectivity index (χ4v) is 4.37. The first-order valence-corrected chi connectivity index (χ1v) is 10.2. The molecule has 3 atom stereocenters. The van der Waals surface area contributed by atoms with Crippen LogP contribution in [0.1, 0.15) is 43.0 Å². The van der Waals surface area contributed by atoms with E-state index >= 15 is 0 Å². The molecule has 0 saturated carbocycles. The van der Waals surface area contributed by atoms with Crippen molar-refractivity contribution in [2.45, 2.75) is 39.4 Å². The molecule has 30 heavy (non-hydrogen) atoms. The number of aryl methyl sites for hydroxylation is 1. The number of nitrogens with zero attached hydrogens (tertiary/aromatic N) is 3. The van der Waals surface area contributed by atoms with Gasteiger partial charge in [0, 0.05) is 45.0 Å². The van der Waals surface area contributed by atoms with Gasteiger partial charge in [0.1, 0.15) is 6.04 Å². The van der Waals surface area contributed by atoms with E-state index in [1.54, 1.807) is 17.9 Å². The lowest BCUT2D eigenvalue weighted by Gasteiger charge is -2.35. The number of carbonyl (C=O) groups excluding carboxylic acids is 1. The molecule has 3 unspecified atom stereocenters. The molecule has 1 amide bonds. The smallest absolute Gasteiger partial charge is 0.242 e. The SMILES string of the molecule is CNC(C(=O)NCc1ccccc1CN1CC(C)CC(C)C1)c1cnn(C)c1.Cl.Cl. The average molecular weight is 456 g/mol. The Balaban J connectivity index is 0.00000225. The van der Waals surface area contributed by atoms with E-state index in [4.69, 9.17) is 0 Å². The zero-order valence-electron chi connectivity index (χ0n) is 18.3. The Morgan fingerprint density at radius 2 is 1.80 bits per heavy atom. The number of aromatic nitrogens is 2. The number of hydrogen-bond acceptors (Lipinski definition) is 4. The van der Waals surface area contributed by atoms with E-state index in [-0.39, 0.29) is 30.7 Å². The number of nitrogens with one attached hydrogen (secondary N) is 2. The van der Waals surface area contributed by atoms with Crippen LogP contribution in [0.2, 0.25) is 0 Å². The average Bonchev–Trinajstić information content (AvgIpc) is 3.07. The number of carbonyl (C=O) groups is 1. The van der Waals surface area contributed by atoms with Crippen molar-refractivity contribution in [3.63, 3.8) is 0 Å². The minimum absolute atomic E-state index is 0. The number of likely N-dealkylation sites (tertiary alicyclic amines) is 1. The molecule has 0 aliphatic carbocycles. The number of halogens is 2. The van der Waals surface area contributed by atoms with E-state index in [2.05, 4.69) is 52.7 Å². The standard InChI is InChI=1S/C22H33N5O.2ClH/c1-16-9-17(2)13-27(12-16)15-19-8-6-5-7-18(19)10-24-22(28)21(23-3)20-11-25-26(4)14-20;;/h5-8,11,14,16-17,21,23H,9-10,12-13,15H2,1-4H3,(H,24,28);2*1H. The van der Waals surface area contributed by atoms with E-state index < -0.39 is 6.04 Å². The van der Waals surface area contributed by atoms with Crippen LogP contribution in [-0.4, -0.2) is 40.7 Å². The van der Waals surface area contributed by atoms with Crippen molar-refractivity contribution >= 4 is 30.7 Å². The molecular formula is C22H35Cl2N5O. The summed E-state index contributed by atoms with van der Waals surface area (Å²) in [5, 5.41) is 10.3. The number of amides is 1. The minimum Gasteiger partial charge on any atom is -0.350 e. The minimum atomic E-state index is -0.398. The Hall–Kier alpha value is -1.60. The highest BCUT2D eigenvalue weighted by atomic mass is 35.5. The molecule has 168 valence electrons. The Bertz CT molecular complexity index is 787. The lowest BCUT2D eigenvalue weighted by Crippen LogP contribution is -2.38. The molecule has 2 N–H and O–H groups in total. The van der Waals surface area contributed by atoms with E-state index in [0.29, 0.717) is 6.54 Å². The van der Waals surface area contributed by atoms with Gasteiger partial charge in [-0.3, -0.25) is 14.4 Å².